The van der Waals surface area contributed by atoms with Gasteiger partial charge >= 0.3 is 0 Å². The number of nitrogens with zero attached hydrogens (tertiary/aromatic N) is 2. The zero-order valence-corrected chi connectivity index (χ0v) is 12.3. The van der Waals surface area contributed by atoms with Gasteiger partial charge in [-0.2, -0.15) is 5.10 Å². The van der Waals surface area contributed by atoms with Crippen molar-refractivity contribution in [2.24, 2.45) is 11.0 Å². The van der Waals surface area contributed by atoms with Crippen molar-refractivity contribution < 1.29 is 9.72 Å². The zero-order valence-electron chi connectivity index (χ0n) is 12.3. The fraction of sp³-hybridized carbons (Fsp3) is 0.467. The summed E-state index contributed by atoms with van der Waals surface area (Å²) in [5.41, 5.74) is 4.42. The van der Waals surface area contributed by atoms with Crippen molar-refractivity contribution in [1.82, 2.24) is 5.43 Å². The molecule has 2 rings (SSSR count). The topological polar surface area (TPSA) is 84.6 Å². The van der Waals surface area contributed by atoms with Gasteiger partial charge in [0.05, 0.1) is 4.92 Å². The Hall–Kier alpha value is -2.24. The first kappa shape index (κ1) is 15.2. The minimum Gasteiger partial charge on any atom is -0.267 e. The first-order chi connectivity index (χ1) is 9.97. The maximum absolute atomic E-state index is 12.0. The maximum Gasteiger partial charge on any atom is 0.272 e. The van der Waals surface area contributed by atoms with Crippen LogP contribution in [0.5, 0.6) is 0 Å². The Morgan fingerprint density at radius 1 is 1.48 bits per heavy atom. The standard InChI is InChI=1S/C15H19N3O3/c1-10-4-3-5-13(8-10)16-17-15(19)12-6-7-14(18(20)21)11(2)9-12/h6-7,9-10H,3-5,8H2,1-2H3,(H,17,19)/b16-13+. The summed E-state index contributed by atoms with van der Waals surface area (Å²) in [4.78, 5) is 22.3. The van der Waals surface area contributed by atoms with Crippen molar-refractivity contribution in [2.75, 3.05) is 0 Å². The van der Waals surface area contributed by atoms with Crippen LogP contribution in [0, 0.1) is 23.0 Å². The number of hydrazone groups is 1. The van der Waals surface area contributed by atoms with Gasteiger partial charge in [-0.1, -0.05) is 6.92 Å². The lowest BCUT2D eigenvalue weighted by Crippen LogP contribution is -2.22. The molecule has 0 spiro atoms. The second kappa shape index (κ2) is 6.47. The van der Waals surface area contributed by atoms with Crippen molar-refractivity contribution in [3.05, 3.63) is 39.4 Å². The summed E-state index contributed by atoms with van der Waals surface area (Å²) < 4.78 is 0. The number of nitrogens with one attached hydrogen (secondary N) is 1. The van der Waals surface area contributed by atoms with E-state index < -0.39 is 4.92 Å². The van der Waals surface area contributed by atoms with Gasteiger partial charge in [-0.15, -0.1) is 0 Å². The Morgan fingerprint density at radius 2 is 2.24 bits per heavy atom. The van der Waals surface area contributed by atoms with Crippen molar-refractivity contribution in [3.8, 4) is 0 Å². The van der Waals surface area contributed by atoms with Gasteiger partial charge in [-0.05, 0) is 50.7 Å². The number of rotatable bonds is 3. The van der Waals surface area contributed by atoms with E-state index in [1.165, 1.54) is 24.6 Å². The van der Waals surface area contributed by atoms with E-state index in [-0.39, 0.29) is 11.6 Å². The lowest BCUT2D eigenvalue weighted by molar-refractivity contribution is -0.385. The molecule has 1 aromatic carbocycles. The van der Waals surface area contributed by atoms with Gasteiger partial charge in [0.1, 0.15) is 0 Å². The minimum absolute atomic E-state index is 0.0129. The number of nitro benzene ring substituents is 1. The van der Waals surface area contributed by atoms with Crippen LogP contribution in [0.3, 0.4) is 0 Å². The molecule has 6 nitrogen and oxygen atoms in total. The third-order valence-electron chi connectivity index (χ3n) is 3.72. The summed E-state index contributed by atoms with van der Waals surface area (Å²) in [6.07, 6.45) is 4.14. The number of amides is 1. The fourth-order valence-corrected chi connectivity index (χ4v) is 2.56. The molecule has 112 valence electrons. The highest BCUT2D eigenvalue weighted by Crippen LogP contribution is 2.21. The van der Waals surface area contributed by atoms with Gasteiger partial charge in [0, 0.05) is 22.9 Å². The van der Waals surface area contributed by atoms with Crippen molar-refractivity contribution in [2.45, 2.75) is 39.5 Å². The largest absolute Gasteiger partial charge is 0.272 e. The molecule has 21 heavy (non-hydrogen) atoms. The number of carbonyl (C=O) groups excluding carboxylic acids is 1. The van der Waals surface area contributed by atoms with Gasteiger partial charge in [-0.25, -0.2) is 5.43 Å². The number of benzene rings is 1. The third kappa shape index (κ3) is 3.87. The Bertz CT molecular complexity index is 596. The molecule has 0 bridgehead atoms. The lowest BCUT2D eigenvalue weighted by atomic mass is 9.89. The molecular formula is C15H19N3O3. The molecule has 1 atom stereocenters. The highest BCUT2D eigenvalue weighted by atomic mass is 16.6. The number of hydrogen-bond donors (Lipinski definition) is 1. The number of aryl methyl sites for hydroxylation is 1. The average molecular weight is 289 g/mol. The average Bonchev–Trinajstić information content (AvgIpc) is 2.44. The van der Waals surface area contributed by atoms with Gasteiger partial charge in [0.15, 0.2) is 0 Å². The van der Waals surface area contributed by atoms with Crippen molar-refractivity contribution >= 4 is 17.3 Å². The van der Waals surface area contributed by atoms with E-state index in [0.717, 1.165) is 25.0 Å². The molecule has 1 fully saturated rings. The van der Waals surface area contributed by atoms with E-state index in [1.807, 2.05) is 0 Å². The summed E-state index contributed by atoms with van der Waals surface area (Å²) in [5, 5.41) is 14.9. The molecule has 0 aromatic heterocycles. The van der Waals surface area contributed by atoms with E-state index in [4.69, 9.17) is 0 Å². The molecule has 1 N–H and O–H groups in total. The normalized spacial score (nSPS) is 20.3. The molecule has 1 unspecified atom stereocenters. The fourth-order valence-electron chi connectivity index (χ4n) is 2.56. The Morgan fingerprint density at radius 3 is 2.86 bits per heavy atom. The number of nitro groups is 1. The monoisotopic (exact) mass is 289 g/mol. The predicted octanol–water partition coefficient (Wildman–Crippen LogP) is 3.20. The van der Waals surface area contributed by atoms with Crippen LogP contribution in [-0.2, 0) is 0 Å². The number of carbonyl (C=O) groups is 1. The molecule has 1 saturated carbocycles. The smallest absolute Gasteiger partial charge is 0.267 e. The van der Waals surface area contributed by atoms with Crippen LogP contribution in [0.2, 0.25) is 0 Å². The maximum atomic E-state index is 12.0. The highest BCUT2D eigenvalue weighted by Gasteiger charge is 2.16. The van der Waals surface area contributed by atoms with Crippen LogP contribution in [0.4, 0.5) is 5.69 Å². The molecule has 0 heterocycles. The zero-order chi connectivity index (χ0) is 15.4. The lowest BCUT2D eigenvalue weighted by Gasteiger charge is -2.18. The summed E-state index contributed by atoms with van der Waals surface area (Å²) in [5.74, 6) is 0.273. The second-order valence-electron chi connectivity index (χ2n) is 5.58. The van der Waals surface area contributed by atoms with Crippen molar-refractivity contribution in [1.29, 1.82) is 0 Å². The first-order valence-corrected chi connectivity index (χ1v) is 7.08. The predicted molar refractivity (Wildman–Crippen MR) is 80.4 cm³/mol. The Kier molecular flexibility index (Phi) is 4.67. The summed E-state index contributed by atoms with van der Waals surface area (Å²) in [6.45, 7) is 3.79. The molecule has 1 aliphatic rings. The van der Waals surface area contributed by atoms with E-state index in [1.54, 1.807) is 6.92 Å². The van der Waals surface area contributed by atoms with Crippen LogP contribution in [0.25, 0.3) is 0 Å². The van der Waals surface area contributed by atoms with Gasteiger partial charge < -0.3 is 0 Å². The van der Waals surface area contributed by atoms with Crippen LogP contribution in [-0.4, -0.2) is 16.5 Å². The third-order valence-corrected chi connectivity index (χ3v) is 3.72. The van der Waals surface area contributed by atoms with E-state index in [2.05, 4.69) is 17.5 Å². The first-order valence-electron chi connectivity index (χ1n) is 7.08. The van der Waals surface area contributed by atoms with Crippen LogP contribution < -0.4 is 5.43 Å². The SMILES string of the molecule is Cc1cc(C(=O)N/N=C2\CCCC(C)C2)ccc1[N+](=O)[O-]. The summed E-state index contributed by atoms with van der Waals surface area (Å²) >= 11 is 0. The molecule has 0 saturated heterocycles. The molecule has 1 aliphatic carbocycles. The quantitative estimate of drug-likeness (QED) is 0.685. The van der Waals surface area contributed by atoms with Crippen LogP contribution >= 0.6 is 0 Å². The van der Waals surface area contributed by atoms with Crippen LogP contribution in [0.1, 0.15) is 48.5 Å². The van der Waals surface area contributed by atoms with E-state index >= 15 is 0 Å². The molecule has 0 aliphatic heterocycles. The Balaban J connectivity index is 2.05. The van der Waals surface area contributed by atoms with Gasteiger partial charge in [0.25, 0.3) is 11.6 Å². The van der Waals surface area contributed by atoms with Gasteiger partial charge in [-0.3, -0.25) is 14.9 Å². The highest BCUT2D eigenvalue weighted by molar-refractivity contribution is 5.96. The van der Waals surface area contributed by atoms with Crippen LogP contribution in [0.15, 0.2) is 23.3 Å². The second-order valence-corrected chi connectivity index (χ2v) is 5.58. The molecule has 0 radical (unpaired) electrons. The van der Waals surface area contributed by atoms with E-state index in [0.29, 0.717) is 17.0 Å². The molecule has 6 heteroatoms. The summed E-state index contributed by atoms with van der Waals surface area (Å²) in [6, 6.07) is 4.31. The van der Waals surface area contributed by atoms with Gasteiger partial charge in [0.2, 0.25) is 0 Å². The Labute approximate surface area is 123 Å². The van der Waals surface area contributed by atoms with E-state index in [9.17, 15) is 14.9 Å². The summed E-state index contributed by atoms with van der Waals surface area (Å²) in [7, 11) is 0. The molecule has 1 amide bonds. The van der Waals surface area contributed by atoms with Crippen molar-refractivity contribution in [3.63, 3.8) is 0 Å². The number of hydrogen-bond acceptors (Lipinski definition) is 4. The minimum atomic E-state index is -0.458. The molecule has 1 aromatic rings. The molecular weight excluding hydrogens is 270 g/mol.